The van der Waals surface area contributed by atoms with E-state index >= 15 is 0 Å². The summed E-state index contributed by atoms with van der Waals surface area (Å²) in [5.74, 6) is 1.74. The molecule has 12 aromatic rings. The predicted octanol–water partition coefficient (Wildman–Crippen LogP) is 17.2. The van der Waals surface area contributed by atoms with Crippen molar-refractivity contribution in [3.8, 4) is 50.9 Å². The van der Waals surface area contributed by atoms with E-state index in [0.717, 1.165) is 72.2 Å². The van der Waals surface area contributed by atoms with Gasteiger partial charge in [-0.2, -0.15) is 18.2 Å². The molecule has 5 nitrogen and oxygen atoms in total. The van der Waals surface area contributed by atoms with E-state index in [2.05, 4.69) is 140 Å². The summed E-state index contributed by atoms with van der Waals surface area (Å²) in [4.78, 5) is 4.86. The maximum atomic E-state index is 10.0. The average molecular weight is 1160 g/mol. The van der Waals surface area contributed by atoms with Crippen LogP contribution in [0, 0.1) is 18.5 Å². The fraction of sp³-hybridized carbons (Fsp3) is 0.182. The van der Waals surface area contributed by atoms with Crippen molar-refractivity contribution in [2.75, 3.05) is 0 Å². The van der Waals surface area contributed by atoms with Crippen LogP contribution in [0.25, 0.3) is 92.5 Å². The van der Waals surface area contributed by atoms with Crippen molar-refractivity contribution in [1.82, 2.24) is 14.1 Å². The van der Waals surface area contributed by atoms with Crippen molar-refractivity contribution in [3.63, 3.8) is 0 Å². The van der Waals surface area contributed by atoms with Crippen LogP contribution in [0.5, 0.6) is 11.5 Å². The summed E-state index contributed by atoms with van der Waals surface area (Å²) in [6.45, 7) is 19.8. The van der Waals surface area contributed by atoms with Crippen molar-refractivity contribution in [2.45, 2.75) is 78.6 Å². The van der Waals surface area contributed by atoms with E-state index in [1.807, 2.05) is 88.1 Å². The number of hydrogen-bond donors (Lipinski definition) is 0. The van der Waals surface area contributed by atoms with Gasteiger partial charge < -0.3 is 13.9 Å². The second-order valence-corrected chi connectivity index (χ2v) is 22.6. The van der Waals surface area contributed by atoms with Gasteiger partial charge in [-0.3, -0.25) is 4.57 Å². The molecule has 12 rings (SSSR count). The van der Waals surface area contributed by atoms with Crippen LogP contribution >= 0.6 is 11.3 Å². The number of rotatable bonds is 7. The second-order valence-electron chi connectivity index (χ2n) is 21.6. The van der Waals surface area contributed by atoms with Gasteiger partial charge in [-0.1, -0.05) is 171 Å². The van der Waals surface area contributed by atoms with Gasteiger partial charge in [-0.15, -0.1) is 41.0 Å². The SMILES string of the molecule is [2H]c1c([2H])c([2H])c2c(sc3c([2H])c([2H])c(-c4cccc(-c5cc(C(C)(C)C)cc(C(C)(C)C)c5)c4-[n+]4[c-]n(-c5[c-]c(Oc6[c-]c7c(cc6)c6ccccc6n7-c6cc(C(C)(C)C)ccn6)ccc5)c5ccccc54)c([2H])c32)c1[2H].[Pt]. The summed E-state index contributed by atoms with van der Waals surface area (Å²) in [6, 6.07) is 48.1. The number of para-hydroxylation sites is 4. The molecule has 0 N–H and O–H groups in total. The van der Waals surface area contributed by atoms with Gasteiger partial charge in [0.2, 0.25) is 0 Å². The first-order valence-electron chi connectivity index (χ1n) is 27.8. The van der Waals surface area contributed by atoms with Crippen LogP contribution in [0.1, 0.15) is 88.6 Å². The molecule has 0 saturated carbocycles. The van der Waals surface area contributed by atoms with Gasteiger partial charge in [0.15, 0.2) is 0 Å². The molecule has 0 atom stereocenters. The van der Waals surface area contributed by atoms with Crippen LogP contribution in [0.15, 0.2) is 176 Å². The van der Waals surface area contributed by atoms with Crippen LogP contribution in [0.3, 0.4) is 0 Å². The first kappa shape index (κ1) is 40.4. The van der Waals surface area contributed by atoms with Crippen molar-refractivity contribution in [3.05, 3.63) is 211 Å². The molecule has 7 heteroatoms. The van der Waals surface area contributed by atoms with E-state index in [-0.39, 0.29) is 99.3 Å². The summed E-state index contributed by atoms with van der Waals surface area (Å²) in [6.07, 6.45) is 5.57. The van der Waals surface area contributed by atoms with Crippen molar-refractivity contribution in [1.29, 1.82) is 0 Å². The Morgan fingerprint density at radius 2 is 1.25 bits per heavy atom. The maximum Gasteiger partial charge on any atom is 0.268 e. The van der Waals surface area contributed by atoms with Gasteiger partial charge in [0.25, 0.3) is 6.33 Å². The van der Waals surface area contributed by atoms with Crippen molar-refractivity contribution >= 4 is 64.3 Å². The molecule has 73 heavy (non-hydrogen) atoms. The molecule has 0 saturated heterocycles. The molecular weight excluding hydrogens is 1090 g/mol. The monoisotopic (exact) mass is 1150 g/mol. The number of pyridine rings is 1. The smallest absolute Gasteiger partial charge is 0.268 e. The number of fused-ring (bicyclic) bond motifs is 7. The number of hydrogen-bond acceptors (Lipinski definition) is 3. The molecule has 0 spiro atoms. The number of nitrogens with zero attached hydrogens (tertiary/aromatic N) is 4. The van der Waals surface area contributed by atoms with E-state index in [9.17, 15) is 4.11 Å². The third kappa shape index (κ3) is 8.69. The average Bonchev–Trinajstić information content (AvgIpc) is 4.28. The molecule has 364 valence electrons. The van der Waals surface area contributed by atoms with Gasteiger partial charge in [0.05, 0.1) is 26.3 Å². The van der Waals surface area contributed by atoms with Gasteiger partial charge in [0.1, 0.15) is 5.82 Å². The van der Waals surface area contributed by atoms with Crippen molar-refractivity contribution in [2.24, 2.45) is 0 Å². The van der Waals surface area contributed by atoms with E-state index in [1.165, 1.54) is 5.56 Å². The van der Waals surface area contributed by atoms with Gasteiger partial charge in [-0.05, 0) is 103 Å². The van der Waals surface area contributed by atoms with E-state index < -0.39 is 6.04 Å². The summed E-state index contributed by atoms with van der Waals surface area (Å²) in [5, 5.41) is 2.49. The molecule has 0 fully saturated rings. The zero-order chi connectivity index (χ0) is 55.8. The van der Waals surface area contributed by atoms with Gasteiger partial charge in [0, 0.05) is 64.5 Å². The topological polar surface area (TPSA) is 35.9 Å². The summed E-state index contributed by atoms with van der Waals surface area (Å²) >= 11 is 1.03. The molecule has 0 radical (unpaired) electrons. The van der Waals surface area contributed by atoms with Gasteiger partial charge >= 0.3 is 0 Å². The quantitative estimate of drug-likeness (QED) is 0.118. The Morgan fingerprint density at radius 1 is 0.575 bits per heavy atom. The molecule has 4 aromatic heterocycles. The molecule has 0 aliphatic carbocycles. The number of imidazole rings is 1. The Kier molecular flexibility index (Phi) is 10.0. The summed E-state index contributed by atoms with van der Waals surface area (Å²) < 4.78 is 77.5. The molecule has 0 aliphatic rings. The molecular formula is C66H56N4OPtS-2. The molecule has 8 aromatic carbocycles. The fourth-order valence-electron chi connectivity index (χ4n) is 9.63. The Hall–Kier alpha value is -7.11. The summed E-state index contributed by atoms with van der Waals surface area (Å²) in [5.41, 5.74) is 9.88. The minimum Gasteiger partial charge on any atom is -0.510 e. The molecule has 0 amide bonds. The first-order chi connectivity index (χ1) is 37.5. The normalized spacial score (nSPS) is 13.7. The Bertz CT molecular complexity index is 4490. The Balaban J connectivity index is 0.00000675. The molecule has 0 bridgehead atoms. The minimum absolute atomic E-state index is 0. The zero-order valence-corrected chi connectivity index (χ0v) is 45.2. The zero-order valence-electron chi connectivity index (χ0n) is 49.1. The molecule has 4 heterocycles. The third-order valence-corrected chi connectivity index (χ3v) is 14.6. The minimum atomic E-state index is -0.418. The number of benzene rings is 8. The van der Waals surface area contributed by atoms with Crippen LogP contribution in [-0.4, -0.2) is 14.1 Å². The molecule has 0 aliphatic heterocycles. The number of aromatic nitrogens is 4. The molecule has 0 unspecified atom stereocenters. The maximum absolute atomic E-state index is 10.0. The van der Waals surface area contributed by atoms with Crippen LogP contribution in [0.2, 0.25) is 0 Å². The fourth-order valence-corrected chi connectivity index (χ4v) is 10.6. The number of thiophene rings is 1. The standard InChI is InChI=1S/C66H56N4OS.Pt/c1-64(2,3)44-32-33-67-62(38-44)70-56-24-12-10-20-52(56)53-30-29-49(40-59(53)70)71-48-19-16-18-47(39-48)68-41-69(58-26-14-13-25-57(58)68)63-50(42-28-31-61-55(36-42)54-21-11-15-27-60(54)72-61)22-17-23-51(63)43-34-45(65(4,5)6)37-46(35-43)66(7,8)9;/h10-38H,1-9H3;/q-2;/i11D,15D,21D,27D,28D,31D,36D;. The second kappa shape index (κ2) is 18.1. The Morgan fingerprint density at radius 3 is 2.01 bits per heavy atom. The summed E-state index contributed by atoms with van der Waals surface area (Å²) in [7, 11) is 0. The third-order valence-electron chi connectivity index (χ3n) is 13.6. The van der Waals surface area contributed by atoms with Crippen LogP contribution in [0.4, 0.5) is 0 Å². The van der Waals surface area contributed by atoms with E-state index in [1.54, 1.807) is 0 Å². The van der Waals surface area contributed by atoms with Crippen molar-refractivity contribution < 1.29 is 40.0 Å². The Labute approximate surface area is 456 Å². The van der Waals surface area contributed by atoms with Crippen LogP contribution < -0.4 is 9.30 Å². The van der Waals surface area contributed by atoms with Crippen LogP contribution in [-0.2, 0) is 37.3 Å². The predicted molar refractivity (Wildman–Crippen MR) is 300 cm³/mol. The largest absolute Gasteiger partial charge is 0.510 e. The van der Waals surface area contributed by atoms with E-state index in [0.29, 0.717) is 28.4 Å². The van der Waals surface area contributed by atoms with Gasteiger partial charge in [-0.25, -0.2) is 4.98 Å². The first-order valence-corrected chi connectivity index (χ1v) is 25.1. The number of ether oxygens (including phenoxy) is 1. The van der Waals surface area contributed by atoms with E-state index in [4.69, 9.17) is 15.2 Å².